The number of carbonyl (C=O) groups is 1. The van der Waals surface area contributed by atoms with Crippen LogP contribution >= 0.6 is 0 Å². The van der Waals surface area contributed by atoms with Gasteiger partial charge in [0.15, 0.2) is 11.5 Å². The van der Waals surface area contributed by atoms with E-state index in [2.05, 4.69) is 52.8 Å². The number of allylic oxidation sites excluding steroid dienone is 1. The third-order valence-corrected chi connectivity index (χ3v) is 4.50. The van der Waals surface area contributed by atoms with Gasteiger partial charge in [-0.15, -0.1) is 6.58 Å². The van der Waals surface area contributed by atoms with E-state index >= 15 is 0 Å². The average molecular weight is 324 g/mol. The number of nitrogens with one attached hydrogen (secondary N) is 1. The number of hydrogen-bond acceptors (Lipinski definition) is 4. The molecule has 0 radical (unpaired) electrons. The molecular weight excluding hydrogens is 300 g/mol. The van der Waals surface area contributed by atoms with Crippen LogP contribution in [0.4, 0.5) is 11.4 Å². The summed E-state index contributed by atoms with van der Waals surface area (Å²) in [6.07, 6.45) is 5.04. The molecule has 0 atom stereocenters. The van der Waals surface area contributed by atoms with Crippen LogP contribution in [-0.4, -0.2) is 37.1 Å². The number of aliphatic imine (C=N–C) groups is 2. The third-order valence-electron chi connectivity index (χ3n) is 4.50. The molecule has 3 rings (SSSR count). The number of unbranched alkanes of at least 4 members (excludes halogenated alkanes) is 2. The molecule has 2 aliphatic heterocycles. The second-order valence-corrected chi connectivity index (χ2v) is 6.28. The van der Waals surface area contributed by atoms with Gasteiger partial charge >= 0.3 is 0 Å². The molecule has 0 aliphatic carbocycles. The molecular formula is C19H24N4O. The number of carbonyl (C=O) groups excluding carboxylic acids is 1. The molecule has 2 aliphatic rings. The summed E-state index contributed by atoms with van der Waals surface area (Å²) in [6.45, 7) is 9.92. The molecule has 126 valence electrons. The molecule has 24 heavy (non-hydrogen) atoms. The summed E-state index contributed by atoms with van der Waals surface area (Å²) in [7, 11) is 0. The van der Waals surface area contributed by atoms with E-state index < -0.39 is 0 Å². The predicted molar refractivity (Wildman–Crippen MR) is 99.7 cm³/mol. The maximum atomic E-state index is 12.4. The molecule has 0 saturated carbocycles. The number of benzene rings is 1. The van der Waals surface area contributed by atoms with Gasteiger partial charge in [-0.2, -0.15) is 0 Å². The van der Waals surface area contributed by atoms with Crippen LogP contribution in [-0.2, 0) is 4.79 Å². The van der Waals surface area contributed by atoms with Crippen molar-refractivity contribution in [3.05, 3.63) is 35.9 Å². The highest BCUT2D eigenvalue weighted by atomic mass is 16.2. The van der Waals surface area contributed by atoms with Crippen molar-refractivity contribution in [1.29, 1.82) is 0 Å². The molecule has 1 N–H and O–H groups in total. The zero-order valence-corrected chi connectivity index (χ0v) is 14.4. The minimum atomic E-state index is -0.133. The quantitative estimate of drug-likeness (QED) is 0.668. The van der Waals surface area contributed by atoms with Gasteiger partial charge in [-0.1, -0.05) is 6.08 Å². The smallest absolute Gasteiger partial charge is 0.273 e. The summed E-state index contributed by atoms with van der Waals surface area (Å²) < 4.78 is 0. The van der Waals surface area contributed by atoms with Crippen LogP contribution in [0, 0.1) is 13.8 Å². The van der Waals surface area contributed by atoms with Crippen molar-refractivity contribution in [2.45, 2.75) is 33.1 Å². The molecule has 5 nitrogen and oxygen atoms in total. The van der Waals surface area contributed by atoms with Gasteiger partial charge in [0, 0.05) is 13.1 Å². The molecule has 0 spiro atoms. The molecule has 1 aromatic carbocycles. The Morgan fingerprint density at radius 3 is 2.88 bits per heavy atom. The first-order valence-corrected chi connectivity index (χ1v) is 8.53. The molecule has 0 aromatic heterocycles. The Labute approximate surface area is 143 Å². The molecule has 0 saturated heterocycles. The Balaban J connectivity index is 2.02. The van der Waals surface area contributed by atoms with Crippen molar-refractivity contribution in [3.8, 4) is 0 Å². The number of amidine groups is 1. The molecule has 0 bridgehead atoms. The number of rotatable bonds is 5. The first kappa shape index (κ1) is 16.4. The normalized spacial score (nSPS) is 16.4. The zero-order chi connectivity index (χ0) is 17.1. The van der Waals surface area contributed by atoms with E-state index in [9.17, 15) is 4.79 Å². The van der Waals surface area contributed by atoms with Crippen LogP contribution < -0.4 is 10.2 Å². The van der Waals surface area contributed by atoms with Crippen molar-refractivity contribution < 1.29 is 4.79 Å². The van der Waals surface area contributed by atoms with Gasteiger partial charge in [0.1, 0.15) is 0 Å². The fourth-order valence-corrected chi connectivity index (χ4v) is 3.02. The van der Waals surface area contributed by atoms with Gasteiger partial charge in [-0.3, -0.25) is 9.79 Å². The van der Waals surface area contributed by atoms with Crippen LogP contribution in [0.15, 0.2) is 34.8 Å². The van der Waals surface area contributed by atoms with E-state index in [1.54, 1.807) is 0 Å². The summed E-state index contributed by atoms with van der Waals surface area (Å²) in [5, 5.41) is 2.87. The minimum absolute atomic E-state index is 0.133. The largest absolute Gasteiger partial charge is 0.349 e. The summed E-state index contributed by atoms with van der Waals surface area (Å²) >= 11 is 0. The lowest BCUT2D eigenvalue weighted by atomic mass is 10.0. The summed E-state index contributed by atoms with van der Waals surface area (Å²) in [6, 6.07) is 4.22. The van der Waals surface area contributed by atoms with Gasteiger partial charge in [0.2, 0.25) is 0 Å². The van der Waals surface area contributed by atoms with Crippen LogP contribution in [0.3, 0.4) is 0 Å². The lowest BCUT2D eigenvalue weighted by molar-refractivity contribution is -0.114. The number of hydrogen-bond donors (Lipinski definition) is 1. The van der Waals surface area contributed by atoms with Crippen molar-refractivity contribution in [2.75, 3.05) is 24.5 Å². The molecule has 1 amide bonds. The highest BCUT2D eigenvalue weighted by molar-refractivity contribution is 6.70. The van der Waals surface area contributed by atoms with Gasteiger partial charge in [-0.05, 0) is 56.4 Å². The number of aryl methyl sites for hydroxylation is 2. The Kier molecular flexibility index (Phi) is 4.79. The van der Waals surface area contributed by atoms with Gasteiger partial charge < -0.3 is 10.2 Å². The lowest BCUT2D eigenvalue weighted by Crippen LogP contribution is -2.45. The number of anilines is 1. The Hall–Kier alpha value is -2.43. The molecule has 2 heterocycles. The van der Waals surface area contributed by atoms with Crippen molar-refractivity contribution in [1.82, 2.24) is 5.32 Å². The van der Waals surface area contributed by atoms with Crippen LogP contribution in [0.1, 0.15) is 30.4 Å². The average Bonchev–Trinajstić information content (AvgIpc) is 2.74. The second kappa shape index (κ2) is 6.99. The Bertz CT molecular complexity index is 733. The lowest BCUT2D eigenvalue weighted by Gasteiger charge is -2.31. The summed E-state index contributed by atoms with van der Waals surface area (Å²) in [4.78, 5) is 23.8. The molecule has 1 aromatic rings. The Morgan fingerprint density at radius 2 is 2.08 bits per heavy atom. The monoisotopic (exact) mass is 324 g/mol. The summed E-state index contributed by atoms with van der Waals surface area (Å²) in [5.41, 5.74) is 4.75. The predicted octanol–water partition coefficient (Wildman–Crippen LogP) is 3.08. The Morgan fingerprint density at radius 1 is 1.29 bits per heavy atom. The van der Waals surface area contributed by atoms with E-state index in [1.165, 1.54) is 11.1 Å². The first-order chi connectivity index (χ1) is 11.6. The molecule has 5 heteroatoms. The number of amides is 1. The summed E-state index contributed by atoms with van der Waals surface area (Å²) in [5.74, 6) is 0.575. The van der Waals surface area contributed by atoms with Gasteiger partial charge in [0.05, 0.1) is 17.9 Å². The third kappa shape index (κ3) is 3.11. The maximum Gasteiger partial charge on any atom is 0.273 e. The fourth-order valence-electron chi connectivity index (χ4n) is 3.02. The topological polar surface area (TPSA) is 57.1 Å². The van der Waals surface area contributed by atoms with E-state index in [0.717, 1.165) is 37.2 Å². The van der Waals surface area contributed by atoms with E-state index in [-0.39, 0.29) is 5.91 Å². The highest BCUT2D eigenvalue weighted by Crippen LogP contribution is 2.36. The van der Waals surface area contributed by atoms with E-state index in [0.29, 0.717) is 24.6 Å². The standard InChI is InChI=1S/C19H24N4O/c1-4-5-6-7-10-23-16-12-14(3)13(2)11-15(16)22-17-18(23)20-8-9-21-19(17)24/h4,11-12H,1,5-10H2,2-3H3,(H,21,24). The molecule has 0 fully saturated rings. The fraction of sp³-hybridized carbons (Fsp3) is 0.421. The maximum absolute atomic E-state index is 12.4. The first-order valence-electron chi connectivity index (χ1n) is 8.53. The van der Waals surface area contributed by atoms with E-state index in [1.807, 2.05) is 6.08 Å². The van der Waals surface area contributed by atoms with Crippen molar-refractivity contribution in [3.63, 3.8) is 0 Å². The minimum Gasteiger partial charge on any atom is -0.349 e. The van der Waals surface area contributed by atoms with Gasteiger partial charge in [-0.25, -0.2) is 4.99 Å². The van der Waals surface area contributed by atoms with Crippen LogP contribution in [0.5, 0.6) is 0 Å². The van der Waals surface area contributed by atoms with Crippen molar-refractivity contribution >= 4 is 28.8 Å². The number of nitrogens with zero attached hydrogens (tertiary/aromatic N) is 3. The zero-order valence-electron chi connectivity index (χ0n) is 14.4. The van der Waals surface area contributed by atoms with Crippen LogP contribution in [0.2, 0.25) is 0 Å². The van der Waals surface area contributed by atoms with Crippen LogP contribution in [0.25, 0.3) is 0 Å². The SMILES string of the molecule is C=CCCCCN1C2=NCCNC(=O)C2=Nc2cc(C)c(C)cc21. The van der Waals surface area contributed by atoms with E-state index in [4.69, 9.17) is 0 Å². The van der Waals surface area contributed by atoms with Gasteiger partial charge in [0.25, 0.3) is 5.91 Å². The molecule has 0 unspecified atom stereocenters. The second-order valence-electron chi connectivity index (χ2n) is 6.28. The highest BCUT2D eigenvalue weighted by Gasteiger charge is 2.31. The van der Waals surface area contributed by atoms with Crippen molar-refractivity contribution in [2.24, 2.45) is 9.98 Å². The number of fused-ring (bicyclic) bond motifs is 2.